The number of alkyl carbamates (subject to hydrolysis) is 1. The minimum atomic E-state index is -0.394. The summed E-state index contributed by atoms with van der Waals surface area (Å²) in [6.45, 7) is 6.69. The molecule has 0 aliphatic rings. The molecule has 0 spiro atoms. The highest BCUT2D eigenvalue weighted by Gasteiger charge is 2.05. The molecule has 0 heterocycles. The minimum Gasteiger partial charge on any atom is -0.453 e. The van der Waals surface area contributed by atoms with Crippen molar-refractivity contribution in [2.45, 2.75) is 27.3 Å². The van der Waals surface area contributed by atoms with Crippen molar-refractivity contribution in [1.82, 2.24) is 5.32 Å². The van der Waals surface area contributed by atoms with E-state index in [0.717, 1.165) is 5.56 Å². The van der Waals surface area contributed by atoms with Crippen molar-refractivity contribution >= 4 is 6.09 Å². The summed E-state index contributed by atoms with van der Waals surface area (Å²) in [6, 6.07) is 4.22. The van der Waals surface area contributed by atoms with Gasteiger partial charge in [0, 0.05) is 6.54 Å². The molecule has 0 bridgehead atoms. The highest BCUT2D eigenvalue weighted by Crippen LogP contribution is 2.15. The van der Waals surface area contributed by atoms with Gasteiger partial charge in [0.05, 0.1) is 7.11 Å². The fourth-order valence-electron chi connectivity index (χ4n) is 1.72. The molecule has 1 amide bonds. The molecule has 0 radical (unpaired) electrons. The van der Waals surface area contributed by atoms with E-state index in [0.29, 0.717) is 6.54 Å². The molecule has 0 aliphatic heterocycles. The molecule has 1 rings (SSSR count). The van der Waals surface area contributed by atoms with Crippen molar-refractivity contribution < 1.29 is 9.53 Å². The summed E-state index contributed by atoms with van der Waals surface area (Å²) in [7, 11) is 1.37. The maximum atomic E-state index is 10.9. The van der Waals surface area contributed by atoms with Crippen LogP contribution in [0.1, 0.15) is 22.3 Å². The van der Waals surface area contributed by atoms with Crippen LogP contribution in [-0.2, 0) is 11.3 Å². The van der Waals surface area contributed by atoms with Crippen molar-refractivity contribution in [1.29, 1.82) is 0 Å². The van der Waals surface area contributed by atoms with Gasteiger partial charge in [0.2, 0.25) is 0 Å². The molecular weight excluding hydrogens is 190 g/mol. The fourth-order valence-corrected chi connectivity index (χ4v) is 1.72. The third kappa shape index (κ3) is 2.98. The fraction of sp³-hybridized carbons (Fsp3) is 0.417. The molecule has 0 saturated heterocycles. The number of methoxy groups -OCH3 is 1. The highest BCUT2D eigenvalue weighted by atomic mass is 16.5. The van der Waals surface area contributed by atoms with Crippen LogP contribution in [0, 0.1) is 20.8 Å². The van der Waals surface area contributed by atoms with E-state index in [1.165, 1.54) is 23.8 Å². The molecule has 3 nitrogen and oxygen atoms in total. The molecule has 1 aromatic rings. The third-order valence-corrected chi connectivity index (χ3v) is 2.44. The number of aryl methyl sites for hydroxylation is 3. The molecule has 0 atom stereocenters. The Morgan fingerprint density at radius 1 is 1.27 bits per heavy atom. The molecule has 0 fully saturated rings. The monoisotopic (exact) mass is 207 g/mol. The lowest BCUT2D eigenvalue weighted by Crippen LogP contribution is -2.23. The first-order chi connectivity index (χ1) is 7.04. The van der Waals surface area contributed by atoms with E-state index in [9.17, 15) is 4.79 Å². The van der Waals surface area contributed by atoms with Gasteiger partial charge < -0.3 is 10.1 Å². The first-order valence-electron chi connectivity index (χ1n) is 4.93. The van der Waals surface area contributed by atoms with Crippen molar-refractivity contribution in [2.75, 3.05) is 7.11 Å². The zero-order chi connectivity index (χ0) is 11.4. The number of benzene rings is 1. The summed E-state index contributed by atoms with van der Waals surface area (Å²) in [4.78, 5) is 10.9. The van der Waals surface area contributed by atoms with E-state index in [-0.39, 0.29) is 0 Å². The molecule has 1 N–H and O–H groups in total. The van der Waals surface area contributed by atoms with Gasteiger partial charge in [0.1, 0.15) is 0 Å². The van der Waals surface area contributed by atoms with Crippen molar-refractivity contribution in [3.05, 3.63) is 34.4 Å². The molecule has 0 saturated carbocycles. The molecular formula is C12H17NO2. The van der Waals surface area contributed by atoms with Gasteiger partial charge in [-0.05, 0) is 37.5 Å². The standard InChI is InChI=1S/C12H17NO2/c1-8-5-9(2)11(10(3)6-8)7-13-12(14)15-4/h5-6H,7H2,1-4H3,(H,13,14). The normalized spacial score (nSPS) is 9.87. The smallest absolute Gasteiger partial charge is 0.407 e. The molecule has 0 unspecified atom stereocenters. The second-order valence-corrected chi connectivity index (χ2v) is 3.72. The molecule has 0 aromatic heterocycles. The predicted molar refractivity (Wildman–Crippen MR) is 59.9 cm³/mol. The van der Waals surface area contributed by atoms with Crippen molar-refractivity contribution in [3.8, 4) is 0 Å². The Kier molecular flexibility index (Phi) is 3.72. The van der Waals surface area contributed by atoms with Gasteiger partial charge in [-0.1, -0.05) is 17.7 Å². The summed E-state index contributed by atoms with van der Waals surface area (Å²) in [5, 5.41) is 2.69. The summed E-state index contributed by atoms with van der Waals surface area (Å²) in [5.41, 5.74) is 4.80. The lowest BCUT2D eigenvalue weighted by atomic mass is 10.00. The Balaban J connectivity index is 2.81. The van der Waals surface area contributed by atoms with Crippen molar-refractivity contribution in [2.24, 2.45) is 0 Å². The number of amides is 1. The molecule has 0 aliphatic carbocycles. The average Bonchev–Trinajstić information content (AvgIpc) is 2.15. The number of carbonyl (C=O) groups is 1. The Labute approximate surface area is 90.4 Å². The average molecular weight is 207 g/mol. The van der Waals surface area contributed by atoms with Gasteiger partial charge in [-0.3, -0.25) is 0 Å². The number of hydrogen-bond acceptors (Lipinski definition) is 2. The van der Waals surface area contributed by atoms with Gasteiger partial charge >= 0.3 is 6.09 Å². The quantitative estimate of drug-likeness (QED) is 0.809. The number of rotatable bonds is 2. The molecule has 15 heavy (non-hydrogen) atoms. The highest BCUT2D eigenvalue weighted by molar-refractivity contribution is 5.67. The van der Waals surface area contributed by atoms with Crippen LogP contribution in [0.5, 0.6) is 0 Å². The summed E-state index contributed by atoms with van der Waals surface area (Å²) < 4.78 is 4.53. The van der Waals surface area contributed by atoms with E-state index in [1.54, 1.807) is 0 Å². The maximum absolute atomic E-state index is 10.9. The van der Waals surface area contributed by atoms with E-state index < -0.39 is 6.09 Å². The van der Waals surface area contributed by atoms with Gasteiger partial charge in [0.15, 0.2) is 0 Å². The minimum absolute atomic E-state index is 0.394. The van der Waals surface area contributed by atoms with Crippen LogP contribution in [0.25, 0.3) is 0 Å². The molecule has 82 valence electrons. The molecule has 1 aromatic carbocycles. The first-order valence-corrected chi connectivity index (χ1v) is 4.93. The summed E-state index contributed by atoms with van der Waals surface area (Å²) >= 11 is 0. The number of carbonyl (C=O) groups excluding carboxylic acids is 1. The second-order valence-electron chi connectivity index (χ2n) is 3.72. The Bertz CT molecular complexity index is 349. The van der Waals surface area contributed by atoms with Crippen LogP contribution < -0.4 is 5.32 Å². The Hall–Kier alpha value is -1.51. The van der Waals surface area contributed by atoms with Crippen LogP contribution in [0.3, 0.4) is 0 Å². The zero-order valence-corrected chi connectivity index (χ0v) is 9.68. The van der Waals surface area contributed by atoms with E-state index in [1.807, 2.05) is 13.8 Å². The maximum Gasteiger partial charge on any atom is 0.407 e. The van der Waals surface area contributed by atoms with Gasteiger partial charge in [-0.25, -0.2) is 4.79 Å². The van der Waals surface area contributed by atoms with Crippen LogP contribution in [0.15, 0.2) is 12.1 Å². The van der Waals surface area contributed by atoms with E-state index in [2.05, 4.69) is 29.1 Å². The Morgan fingerprint density at radius 2 is 1.80 bits per heavy atom. The number of ether oxygens (including phenoxy) is 1. The van der Waals surface area contributed by atoms with E-state index >= 15 is 0 Å². The van der Waals surface area contributed by atoms with E-state index in [4.69, 9.17) is 0 Å². The van der Waals surface area contributed by atoms with Crippen LogP contribution in [0.4, 0.5) is 4.79 Å². The van der Waals surface area contributed by atoms with Gasteiger partial charge in [-0.2, -0.15) is 0 Å². The largest absolute Gasteiger partial charge is 0.453 e. The first kappa shape index (κ1) is 11.6. The summed E-state index contributed by atoms with van der Waals surface area (Å²) in [6.07, 6.45) is -0.394. The second kappa shape index (κ2) is 4.82. The predicted octanol–water partition coefficient (Wildman–Crippen LogP) is 2.47. The Morgan fingerprint density at radius 3 is 2.27 bits per heavy atom. The van der Waals surface area contributed by atoms with Crippen molar-refractivity contribution in [3.63, 3.8) is 0 Å². The summed E-state index contributed by atoms with van der Waals surface area (Å²) in [5.74, 6) is 0. The SMILES string of the molecule is COC(=O)NCc1c(C)cc(C)cc1C. The number of nitrogens with one attached hydrogen (secondary N) is 1. The number of hydrogen-bond donors (Lipinski definition) is 1. The third-order valence-electron chi connectivity index (χ3n) is 2.44. The lowest BCUT2D eigenvalue weighted by molar-refractivity contribution is 0.170. The van der Waals surface area contributed by atoms with Crippen LogP contribution >= 0.6 is 0 Å². The molecule has 3 heteroatoms. The zero-order valence-electron chi connectivity index (χ0n) is 9.68. The van der Waals surface area contributed by atoms with Crippen LogP contribution in [0.2, 0.25) is 0 Å². The topological polar surface area (TPSA) is 38.3 Å². The van der Waals surface area contributed by atoms with Crippen LogP contribution in [-0.4, -0.2) is 13.2 Å². The lowest BCUT2D eigenvalue weighted by Gasteiger charge is -2.11. The van der Waals surface area contributed by atoms with Gasteiger partial charge in [-0.15, -0.1) is 0 Å². The van der Waals surface area contributed by atoms with Gasteiger partial charge in [0.25, 0.3) is 0 Å².